The maximum absolute atomic E-state index is 12.6. The first-order chi connectivity index (χ1) is 6.99. The van der Waals surface area contributed by atoms with E-state index in [4.69, 9.17) is 5.11 Å². The van der Waals surface area contributed by atoms with Gasteiger partial charge in [0.15, 0.2) is 6.17 Å². The third kappa shape index (κ3) is 3.90. The monoisotopic (exact) mass is 252 g/mol. The zero-order valence-corrected chi connectivity index (χ0v) is 8.19. The Morgan fingerprint density at radius 3 is 1.94 bits per heavy atom. The smallest absolute Gasteiger partial charge is 0.394 e. The van der Waals surface area contributed by atoms with Crippen LogP contribution in [-0.2, 0) is 4.79 Å². The number of halogens is 6. The van der Waals surface area contributed by atoms with E-state index in [9.17, 15) is 31.1 Å². The molecule has 0 bridgehead atoms. The number of hydrogen-bond donors (Lipinski definition) is 1. The Morgan fingerprint density at radius 2 is 1.69 bits per heavy atom. The normalized spacial score (nSPS) is 18.2. The number of rotatable bonds is 5. The standard InChI is InChI=1S/C8H10F6O2/c1-7(3-5(15)16,8(12,13)14)2-4(9)6(10)11/h4,6H,2-3H2,1H3,(H,15,16). The van der Waals surface area contributed by atoms with Crippen LogP contribution in [0.15, 0.2) is 0 Å². The minimum Gasteiger partial charge on any atom is -0.481 e. The first-order valence-electron chi connectivity index (χ1n) is 4.20. The summed E-state index contributed by atoms with van der Waals surface area (Å²) < 4.78 is 73.4. The Kier molecular flexibility index (Phi) is 4.63. The highest BCUT2D eigenvalue weighted by Crippen LogP contribution is 2.45. The summed E-state index contributed by atoms with van der Waals surface area (Å²) in [5.74, 6) is -1.82. The lowest BCUT2D eigenvalue weighted by Crippen LogP contribution is -2.40. The van der Waals surface area contributed by atoms with Crippen molar-refractivity contribution in [3.05, 3.63) is 0 Å². The van der Waals surface area contributed by atoms with Crippen LogP contribution in [0.4, 0.5) is 26.3 Å². The van der Waals surface area contributed by atoms with Gasteiger partial charge in [0, 0.05) is 0 Å². The molecule has 0 aromatic carbocycles. The summed E-state index contributed by atoms with van der Waals surface area (Å²) in [7, 11) is 0. The zero-order valence-electron chi connectivity index (χ0n) is 8.19. The second kappa shape index (κ2) is 4.92. The molecule has 8 heteroatoms. The molecule has 0 rings (SSSR count). The highest BCUT2D eigenvalue weighted by Gasteiger charge is 2.54. The molecule has 0 radical (unpaired) electrons. The van der Waals surface area contributed by atoms with Gasteiger partial charge in [0.25, 0.3) is 6.43 Å². The summed E-state index contributed by atoms with van der Waals surface area (Å²) in [4.78, 5) is 10.2. The molecule has 0 aliphatic carbocycles. The lowest BCUT2D eigenvalue weighted by Gasteiger charge is -2.31. The van der Waals surface area contributed by atoms with Crippen LogP contribution in [0.1, 0.15) is 19.8 Å². The van der Waals surface area contributed by atoms with Gasteiger partial charge >= 0.3 is 12.1 Å². The van der Waals surface area contributed by atoms with Crippen LogP contribution >= 0.6 is 0 Å². The predicted molar refractivity (Wildman–Crippen MR) is 41.9 cm³/mol. The van der Waals surface area contributed by atoms with Crippen LogP contribution in [0.2, 0.25) is 0 Å². The molecule has 0 heterocycles. The molecule has 0 aliphatic rings. The zero-order chi connectivity index (χ0) is 13.1. The average molecular weight is 252 g/mol. The Labute approximate surface area is 87.2 Å². The molecule has 0 saturated heterocycles. The molecule has 0 saturated carbocycles. The van der Waals surface area contributed by atoms with E-state index in [1.54, 1.807) is 0 Å². The van der Waals surface area contributed by atoms with Gasteiger partial charge in [-0.3, -0.25) is 4.79 Å². The highest BCUT2D eigenvalue weighted by molar-refractivity contribution is 5.67. The molecule has 96 valence electrons. The van der Waals surface area contributed by atoms with Crippen molar-refractivity contribution in [2.24, 2.45) is 5.41 Å². The van der Waals surface area contributed by atoms with Crippen molar-refractivity contribution < 1.29 is 36.2 Å². The highest BCUT2D eigenvalue weighted by atomic mass is 19.4. The quantitative estimate of drug-likeness (QED) is 0.763. The SMILES string of the molecule is CC(CC(=O)O)(CC(F)C(F)F)C(F)(F)F. The molecule has 0 aromatic rings. The van der Waals surface area contributed by atoms with Crippen LogP contribution in [0.25, 0.3) is 0 Å². The van der Waals surface area contributed by atoms with E-state index in [0.717, 1.165) is 0 Å². The summed E-state index contributed by atoms with van der Waals surface area (Å²) in [6.07, 6.45) is -14.6. The summed E-state index contributed by atoms with van der Waals surface area (Å²) in [6.45, 7) is 0.413. The third-order valence-electron chi connectivity index (χ3n) is 2.14. The van der Waals surface area contributed by atoms with Crippen molar-refractivity contribution in [2.45, 2.75) is 38.5 Å². The predicted octanol–water partition coefficient (Wildman–Crippen LogP) is 3.02. The van der Waals surface area contributed by atoms with Crippen molar-refractivity contribution in [1.29, 1.82) is 0 Å². The van der Waals surface area contributed by atoms with Gasteiger partial charge in [-0.2, -0.15) is 13.2 Å². The molecular formula is C8H10F6O2. The molecule has 2 atom stereocenters. The van der Waals surface area contributed by atoms with E-state index in [-0.39, 0.29) is 0 Å². The Bertz CT molecular complexity index is 251. The maximum Gasteiger partial charge on any atom is 0.394 e. The first-order valence-corrected chi connectivity index (χ1v) is 4.20. The molecule has 0 amide bonds. The third-order valence-corrected chi connectivity index (χ3v) is 2.14. The van der Waals surface area contributed by atoms with Gasteiger partial charge in [-0.05, 0) is 6.42 Å². The van der Waals surface area contributed by atoms with Crippen molar-refractivity contribution in [2.75, 3.05) is 0 Å². The molecule has 16 heavy (non-hydrogen) atoms. The van der Waals surface area contributed by atoms with E-state index < -0.39 is 43.0 Å². The van der Waals surface area contributed by atoms with Crippen molar-refractivity contribution >= 4 is 5.97 Å². The van der Waals surface area contributed by atoms with E-state index >= 15 is 0 Å². The van der Waals surface area contributed by atoms with Crippen molar-refractivity contribution in [3.8, 4) is 0 Å². The van der Waals surface area contributed by atoms with Gasteiger partial charge in [0.05, 0.1) is 11.8 Å². The van der Waals surface area contributed by atoms with Gasteiger partial charge in [-0.15, -0.1) is 0 Å². The Morgan fingerprint density at radius 1 is 1.25 bits per heavy atom. The number of aliphatic carboxylic acids is 1. The van der Waals surface area contributed by atoms with Crippen LogP contribution in [0.3, 0.4) is 0 Å². The molecule has 0 fully saturated rings. The maximum atomic E-state index is 12.6. The van der Waals surface area contributed by atoms with Crippen molar-refractivity contribution in [1.82, 2.24) is 0 Å². The second-order valence-corrected chi connectivity index (χ2v) is 3.68. The topological polar surface area (TPSA) is 37.3 Å². The molecule has 0 aromatic heterocycles. The Hall–Kier alpha value is -0.950. The van der Waals surface area contributed by atoms with E-state index in [2.05, 4.69) is 0 Å². The fraction of sp³-hybridized carbons (Fsp3) is 0.875. The van der Waals surface area contributed by atoms with Gasteiger partial charge in [0.1, 0.15) is 0 Å². The summed E-state index contributed by atoms with van der Waals surface area (Å²) >= 11 is 0. The van der Waals surface area contributed by atoms with E-state index in [1.807, 2.05) is 0 Å². The molecule has 1 N–H and O–H groups in total. The molecule has 0 spiro atoms. The summed E-state index contributed by atoms with van der Waals surface area (Å²) in [5, 5.41) is 8.25. The fourth-order valence-corrected chi connectivity index (χ4v) is 1.14. The number of carbonyl (C=O) groups is 1. The minimum absolute atomic E-state index is 0.413. The van der Waals surface area contributed by atoms with Gasteiger partial charge in [0.2, 0.25) is 0 Å². The van der Waals surface area contributed by atoms with Crippen LogP contribution < -0.4 is 0 Å². The largest absolute Gasteiger partial charge is 0.481 e. The lowest BCUT2D eigenvalue weighted by molar-refractivity contribution is -0.231. The van der Waals surface area contributed by atoms with Gasteiger partial charge < -0.3 is 5.11 Å². The lowest BCUT2D eigenvalue weighted by atomic mass is 9.81. The van der Waals surface area contributed by atoms with Gasteiger partial charge in [-0.1, -0.05) is 6.92 Å². The molecule has 2 nitrogen and oxygen atoms in total. The van der Waals surface area contributed by atoms with E-state index in [1.165, 1.54) is 0 Å². The van der Waals surface area contributed by atoms with Crippen LogP contribution in [0, 0.1) is 5.41 Å². The van der Waals surface area contributed by atoms with Gasteiger partial charge in [-0.25, -0.2) is 13.2 Å². The van der Waals surface area contributed by atoms with Crippen molar-refractivity contribution in [3.63, 3.8) is 0 Å². The minimum atomic E-state index is -5.05. The molecule has 0 aliphatic heterocycles. The molecular weight excluding hydrogens is 242 g/mol. The summed E-state index contributed by atoms with van der Waals surface area (Å²) in [5.41, 5.74) is -2.99. The number of alkyl halides is 6. The first kappa shape index (κ1) is 15.0. The number of carboxylic acid groups (broad SMARTS) is 1. The van der Waals surface area contributed by atoms with Crippen LogP contribution in [0.5, 0.6) is 0 Å². The van der Waals surface area contributed by atoms with E-state index in [0.29, 0.717) is 6.92 Å². The number of carboxylic acids is 1. The average Bonchev–Trinajstić information content (AvgIpc) is 1.99. The van der Waals surface area contributed by atoms with Crippen LogP contribution in [-0.4, -0.2) is 29.8 Å². The number of hydrogen-bond acceptors (Lipinski definition) is 1. The summed E-state index contributed by atoms with van der Waals surface area (Å²) in [6, 6.07) is 0. The second-order valence-electron chi connectivity index (χ2n) is 3.68. The Balaban J connectivity index is 4.88. The fourth-order valence-electron chi connectivity index (χ4n) is 1.14. The molecule has 2 unspecified atom stereocenters.